The number of hydrogen-bond acceptors (Lipinski definition) is 4. The van der Waals surface area contributed by atoms with E-state index in [1.165, 1.54) is 0 Å². The van der Waals surface area contributed by atoms with Gasteiger partial charge in [-0.2, -0.15) is 5.01 Å². The zero-order chi connectivity index (χ0) is 22.7. The predicted molar refractivity (Wildman–Crippen MR) is 122 cm³/mol. The lowest BCUT2D eigenvalue weighted by atomic mass is 9.77. The van der Waals surface area contributed by atoms with Crippen LogP contribution in [0.3, 0.4) is 0 Å². The van der Waals surface area contributed by atoms with Crippen molar-refractivity contribution in [3.8, 4) is 11.1 Å². The number of carbonyl (C=O) groups is 3. The van der Waals surface area contributed by atoms with Gasteiger partial charge in [-0.3, -0.25) is 15.0 Å². The average molecular weight is 435 g/mol. The Kier molecular flexibility index (Phi) is 6.28. The molecule has 1 heterocycles. The van der Waals surface area contributed by atoms with E-state index < -0.39 is 17.5 Å². The molecule has 2 aliphatic rings. The molecule has 1 unspecified atom stereocenters. The number of hydrazine groups is 1. The summed E-state index contributed by atoms with van der Waals surface area (Å²) in [7, 11) is 0. The fraction of sp³-hybridized carbons (Fsp3) is 0.400. The molecule has 7 nitrogen and oxygen atoms in total. The zero-order valence-electron chi connectivity index (χ0n) is 18.6. The highest BCUT2D eigenvalue weighted by molar-refractivity contribution is 6.08. The van der Waals surface area contributed by atoms with Crippen LogP contribution < -0.4 is 16.1 Å². The number of urea groups is 1. The molecule has 1 saturated carbocycles. The SMILES string of the molecule is CC1CCC2(CC1)NC(=O)N(NC(=O)CNC(C)c1ccc(-c3ccccc3)cc1)C2=O. The Morgan fingerprint density at radius 2 is 1.69 bits per heavy atom. The maximum atomic E-state index is 12.9. The van der Waals surface area contributed by atoms with E-state index in [1.54, 1.807) is 0 Å². The van der Waals surface area contributed by atoms with Crippen molar-refractivity contribution in [2.24, 2.45) is 5.92 Å². The summed E-state index contributed by atoms with van der Waals surface area (Å²) in [6.45, 7) is 4.11. The van der Waals surface area contributed by atoms with Crippen LogP contribution in [0.4, 0.5) is 4.79 Å². The third-order valence-corrected chi connectivity index (χ3v) is 6.61. The molecule has 1 spiro atoms. The first kappa shape index (κ1) is 22.0. The fourth-order valence-corrected chi connectivity index (χ4v) is 4.44. The number of carbonyl (C=O) groups excluding carboxylic acids is 3. The highest BCUT2D eigenvalue weighted by Gasteiger charge is 2.52. The van der Waals surface area contributed by atoms with E-state index in [9.17, 15) is 14.4 Å². The lowest BCUT2D eigenvalue weighted by Gasteiger charge is -2.33. The quantitative estimate of drug-likeness (QED) is 0.607. The molecule has 1 aliphatic carbocycles. The molecule has 2 fully saturated rings. The standard InChI is InChI=1S/C25H30N4O3/c1-17-12-14-25(15-13-17)23(31)29(24(32)27-25)28-22(30)16-26-18(2)19-8-10-21(11-9-19)20-6-4-3-5-7-20/h3-11,17-18,26H,12-16H2,1-2H3,(H,27,32)(H,28,30). The van der Waals surface area contributed by atoms with Crippen LogP contribution in [0.25, 0.3) is 11.1 Å². The Labute approximate surface area is 188 Å². The summed E-state index contributed by atoms with van der Waals surface area (Å²) in [5, 5.41) is 6.81. The van der Waals surface area contributed by atoms with E-state index in [2.05, 4.69) is 47.2 Å². The highest BCUT2D eigenvalue weighted by atomic mass is 16.2. The van der Waals surface area contributed by atoms with Gasteiger partial charge in [0.1, 0.15) is 5.54 Å². The Balaban J connectivity index is 1.30. The first-order chi connectivity index (χ1) is 15.4. The normalized spacial score (nSPS) is 23.8. The predicted octanol–water partition coefficient (Wildman–Crippen LogP) is 3.54. The summed E-state index contributed by atoms with van der Waals surface area (Å²) in [6, 6.07) is 17.7. The molecule has 4 rings (SSSR count). The molecule has 1 saturated heterocycles. The second-order valence-corrected chi connectivity index (χ2v) is 8.96. The minimum absolute atomic E-state index is 0.0112. The average Bonchev–Trinajstić information content (AvgIpc) is 3.04. The lowest BCUT2D eigenvalue weighted by Crippen LogP contribution is -2.52. The topological polar surface area (TPSA) is 90.5 Å². The molecule has 7 heteroatoms. The minimum atomic E-state index is -0.863. The maximum Gasteiger partial charge on any atom is 0.344 e. The van der Waals surface area contributed by atoms with Gasteiger partial charge >= 0.3 is 6.03 Å². The van der Waals surface area contributed by atoms with Crippen LogP contribution >= 0.6 is 0 Å². The summed E-state index contributed by atoms with van der Waals surface area (Å²) in [5.74, 6) is -0.240. The molecular formula is C25H30N4O3. The van der Waals surface area contributed by atoms with E-state index in [0.717, 1.165) is 34.5 Å². The molecule has 3 N–H and O–H groups in total. The Morgan fingerprint density at radius 1 is 1.06 bits per heavy atom. The van der Waals surface area contributed by atoms with Gasteiger partial charge in [0.05, 0.1) is 6.54 Å². The molecule has 1 aliphatic heterocycles. The Morgan fingerprint density at radius 3 is 2.34 bits per heavy atom. The van der Waals surface area contributed by atoms with Gasteiger partial charge in [-0.1, -0.05) is 61.5 Å². The van der Waals surface area contributed by atoms with Crippen LogP contribution in [0.1, 0.15) is 51.1 Å². The van der Waals surface area contributed by atoms with Crippen molar-refractivity contribution >= 4 is 17.8 Å². The van der Waals surface area contributed by atoms with Crippen molar-refractivity contribution in [1.82, 2.24) is 21.1 Å². The number of amides is 4. The molecule has 0 aromatic heterocycles. The minimum Gasteiger partial charge on any atom is -0.322 e. The van der Waals surface area contributed by atoms with Gasteiger partial charge < -0.3 is 10.6 Å². The van der Waals surface area contributed by atoms with E-state index in [-0.39, 0.29) is 18.5 Å². The molecule has 0 radical (unpaired) electrons. The van der Waals surface area contributed by atoms with Crippen molar-refractivity contribution in [2.45, 2.75) is 51.1 Å². The summed E-state index contributed by atoms with van der Waals surface area (Å²) in [6.07, 6.45) is 2.99. The van der Waals surface area contributed by atoms with E-state index in [4.69, 9.17) is 0 Å². The zero-order valence-corrected chi connectivity index (χ0v) is 18.6. The van der Waals surface area contributed by atoms with Crippen LogP contribution in [0, 0.1) is 5.92 Å². The molecule has 4 amide bonds. The van der Waals surface area contributed by atoms with Crippen LogP contribution in [-0.2, 0) is 9.59 Å². The van der Waals surface area contributed by atoms with E-state index in [0.29, 0.717) is 18.8 Å². The Bertz CT molecular complexity index is 982. The fourth-order valence-electron chi connectivity index (χ4n) is 4.44. The van der Waals surface area contributed by atoms with Crippen LogP contribution in [0.15, 0.2) is 54.6 Å². The summed E-state index contributed by atoms with van der Waals surface area (Å²) < 4.78 is 0. The largest absolute Gasteiger partial charge is 0.344 e. The number of imide groups is 1. The van der Waals surface area contributed by atoms with Crippen molar-refractivity contribution in [1.29, 1.82) is 0 Å². The van der Waals surface area contributed by atoms with Crippen LogP contribution in [0.2, 0.25) is 0 Å². The van der Waals surface area contributed by atoms with Crippen LogP contribution in [0.5, 0.6) is 0 Å². The van der Waals surface area contributed by atoms with Gasteiger partial charge in [-0.25, -0.2) is 4.79 Å². The van der Waals surface area contributed by atoms with Gasteiger partial charge in [0.15, 0.2) is 0 Å². The third kappa shape index (κ3) is 4.53. The molecule has 1 atom stereocenters. The number of hydrogen-bond donors (Lipinski definition) is 3. The number of benzene rings is 2. The molecule has 2 aromatic rings. The van der Waals surface area contributed by atoms with E-state index >= 15 is 0 Å². The van der Waals surface area contributed by atoms with Gasteiger partial charge in [0, 0.05) is 6.04 Å². The number of nitrogens with one attached hydrogen (secondary N) is 3. The summed E-state index contributed by atoms with van der Waals surface area (Å²) in [5.41, 5.74) is 4.93. The number of nitrogens with zero attached hydrogens (tertiary/aromatic N) is 1. The van der Waals surface area contributed by atoms with Crippen molar-refractivity contribution in [3.05, 3.63) is 60.2 Å². The number of rotatable bonds is 6. The first-order valence-corrected chi connectivity index (χ1v) is 11.2. The van der Waals surface area contributed by atoms with E-state index in [1.807, 2.05) is 37.3 Å². The molecule has 2 aromatic carbocycles. The summed E-state index contributed by atoms with van der Waals surface area (Å²) >= 11 is 0. The van der Waals surface area contributed by atoms with Crippen molar-refractivity contribution < 1.29 is 14.4 Å². The molecule has 32 heavy (non-hydrogen) atoms. The second-order valence-electron chi connectivity index (χ2n) is 8.96. The molecular weight excluding hydrogens is 404 g/mol. The summed E-state index contributed by atoms with van der Waals surface area (Å²) in [4.78, 5) is 37.6. The van der Waals surface area contributed by atoms with Gasteiger partial charge in [0.25, 0.3) is 11.8 Å². The molecule has 168 valence electrons. The monoisotopic (exact) mass is 434 g/mol. The third-order valence-electron chi connectivity index (χ3n) is 6.61. The second kappa shape index (κ2) is 9.12. The maximum absolute atomic E-state index is 12.9. The van der Waals surface area contributed by atoms with Gasteiger partial charge in [-0.05, 0) is 55.2 Å². The highest BCUT2D eigenvalue weighted by Crippen LogP contribution is 2.35. The van der Waals surface area contributed by atoms with Crippen molar-refractivity contribution in [2.75, 3.05) is 6.54 Å². The van der Waals surface area contributed by atoms with Crippen LogP contribution in [-0.4, -0.2) is 34.9 Å². The van der Waals surface area contributed by atoms with Gasteiger partial charge in [0.2, 0.25) is 0 Å². The molecule has 0 bridgehead atoms. The smallest absolute Gasteiger partial charge is 0.322 e. The van der Waals surface area contributed by atoms with Crippen molar-refractivity contribution in [3.63, 3.8) is 0 Å². The Hall–Kier alpha value is -3.19. The lowest BCUT2D eigenvalue weighted by molar-refractivity contribution is -0.139. The first-order valence-electron chi connectivity index (χ1n) is 11.2. The van der Waals surface area contributed by atoms with Gasteiger partial charge in [-0.15, -0.1) is 0 Å².